The number of pyridine rings is 1. The number of carbonyl (C=O) groups is 2. The van der Waals surface area contributed by atoms with Crippen LogP contribution in [0, 0.1) is 18.6 Å². The third kappa shape index (κ3) is 5.16. The van der Waals surface area contributed by atoms with Crippen LogP contribution >= 0.6 is 0 Å². The van der Waals surface area contributed by atoms with E-state index in [4.69, 9.17) is 0 Å². The van der Waals surface area contributed by atoms with Crippen LogP contribution in [0.25, 0.3) is 5.65 Å². The normalized spacial score (nSPS) is 10.9. The number of aryl methyl sites for hydroxylation is 1. The molecule has 2 amide bonds. The van der Waals surface area contributed by atoms with E-state index in [1.807, 2.05) is 18.2 Å². The van der Waals surface area contributed by atoms with Crippen molar-refractivity contribution in [2.75, 3.05) is 11.9 Å². The lowest BCUT2D eigenvalue weighted by molar-refractivity contribution is -0.116. The first-order valence-corrected chi connectivity index (χ1v) is 9.42. The minimum Gasteiger partial charge on any atom is -0.351 e. The Morgan fingerprint density at radius 3 is 2.76 bits per heavy atom. The van der Waals surface area contributed by atoms with Crippen LogP contribution in [0.1, 0.15) is 41.9 Å². The zero-order valence-corrected chi connectivity index (χ0v) is 16.0. The Morgan fingerprint density at radius 2 is 1.93 bits per heavy atom. The third-order valence-corrected chi connectivity index (χ3v) is 4.49. The Labute approximate surface area is 166 Å². The fourth-order valence-corrected chi connectivity index (χ4v) is 3.07. The van der Waals surface area contributed by atoms with Crippen LogP contribution in [0.15, 0.2) is 42.6 Å². The van der Waals surface area contributed by atoms with E-state index < -0.39 is 11.6 Å². The van der Waals surface area contributed by atoms with E-state index >= 15 is 0 Å². The number of amides is 2. The van der Waals surface area contributed by atoms with Crippen LogP contribution in [0.3, 0.4) is 0 Å². The zero-order chi connectivity index (χ0) is 20.8. The molecule has 2 aromatic heterocycles. The van der Waals surface area contributed by atoms with Crippen molar-refractivity contribution in [3.63, 3.8) is 0 Å². The number of fused-ring (bicyclic) bond motifs is 1. The molecule has 0 saturated carbocycles. The van der Waals surface area contributed by atoms with Gasteiger partial charge in [0.15, 0.2) is 0 Å². The standard InChI is InChI=1S/C21H22F2N4O2/c1-14-20(27-12-6-4-7-18(27)25-14)21(29)24-11-5-2-3-8-19(28)26-17-13-15(22)9-10-16(17)23/h4,6-7,9-10,12-13H,2-3,5,8,11H2,1H3,(H,24,29)(H,26,28). The second-order valence-electron chi connectivity index (χ2n) is 6.71. The molecule has 0 spiro atoms. The highest BCUT2D eigenvalue weighted by molar-refractivity contribution is 5.94. The smallest absolute Gasteiger partial charge is 0.270 e. The average molecular weight is 400 g/mol. The molecule has 0 aliphatic carbocycles. The molecule has 0 saturated heterocycles. The van der Waals surface area contributed by atoms with E-state index in [2.05, 4.69) is 15.6 Å². The van der Waals surface area contributed by atoms with Gasteiger partial charge in [-0.2, -0.15) is 0 Å². The molecule has 0 bridgehead atoms. The average Bonchev–Trinajstić information content (AvgIpc) is 3.03. The SMILES string of the molecule is Cc1nc2ccccn2c1C(=O)NCCCCCC(=O)Nc1cc(F)ccc1F. The molecule has 6 nitrogen and oxygen atoms in total. The molecule has 2 heterocycles. The summed E-state index contributed by atoms with van der Waals surface area (Å²) in [6.07, 6.45) is 3.97. The van der Waals surface area contributed by atoms with Crippen molar-refractivity contribution < 1.29 is 18.4 Å². The van der Waals surface area contributed by atoms with Gasteiger partial charge in [-0.1, -0.05) is 12.5 Å². The largest absolute Gasteiger partial charge is 0.351 e. The van der Waals surface area contributed by atoms with Gasteiger partial charge in [0.25, 0.3) is 5.91 Å². The number of anilines is 1. The molecule has 0 aliphatic heterocycles. The summed E-state index contributed by atoms with van der Waals surface area (Å²) < 4.78 is 28.4. The monoisotopic (exact) mass is 400 g/mol. The van der Waals surface area contributed by atoms with Gasteiger partial charge in [-0.15, -0.1) is 0 Å². The van der Waals surface area contributed by atoms with Gasteiger partial charge in [-0.05, 0) is 44.0 Å². The summed E-state index contributed by atoms with van der Waals surface area (Å²) in [5.74, 6) is -1.86. The number of hydrogen-bond acceptors (Lipinski definition) is 3. The van der Waals surface area contributed by atoms with Gasteiger partial charge in [0.05, 0.1) is 11.4 Å². The van der Waals surface area contributed by atoms with Crippen molar-refractivity contribution in [2.24, 2.45) is 0 Å². The summed E-state index contributed by atoms with van der Waals surface area (Å²) in [5.41, 5.74) is 1.73. The maximum absolute atomic E-state index is 13.5. The predicted molar refractivity (Wildman–Crippen MR) is 106 cm³/mol. The molecule has 2 N–H and O–H groups in total. The highest BCUT2D eigenvalue weighted by Gasteiger charge is 2.15. The first-order valence-electron chi connectivity index (χ1n) is 9.42. The van der Waals surface area contributed by atoms with E-state index in [0.29, 0.717) is 37.2 Å². The van der Waals surface area contributed by atoms with Gasteiger partial charge < -0.3 is 10.6 Å². The summed E-state index contributed by atoms with van der Waals surface area (Å²) in [7, 11) is 0. The number of benzene rings is 1. The number of halogens is 2. The van der Waals surface area contributed by atoms with Gasteiger partial charge >= 0.3 is 0 Å². The van der Waals surface area contributed by atoms with Crippen molar-refractivity contribution in [2.45, 2.75) is 32.6 Å². The number of nitrogens with one attached hydrogen (secondary N) is 2. The maximum Gasteiger partial charge on any atom is 0.270 e. The summed E-state index contributed by atoms with van der Waals surface area (Å²) >= 11 is 0. The Kier molecular flexibility index (Phi) is 6.54. The summed E-state index contributed by atoms with van der Waals surface area (Å²) in [5, 5.41) is 5.24. The maximum atomic E-state index is 13.5. The molecule has 8 heteroatoms. The van der Waals surface area contributed by atoms with Crippen LogP contribution in [0.5, 0.6) is 0 Å². The van der Waals surface area contributed by atoms with Crippen LogP contribution in [-0.2, 0) is 4.79 Å². The molecule has 152 valence electrons. The Balaban J connectivity index is 1.38. The first-order chi connectivity index (χ1) is 14.0. The van der Waals surface area contributed by atoms with E-state index in [1.165, 1.54) is 0 Å². The third-order valence-electron chi connectivity index (χ3n) is 4.49. The molecular weight excluding hydrogens is 378 g/mol. The number of carbonyl (C=O) groups excluding carboxylic acids is 2. The molecular formula is C21H22F2N4O2. The van der Waals surface area contributed by atoms with Crippen molar-refractivity contribution in [3.05, 3.63) is 65.6 Å². The fraction of sp³-hybridized carbons (Fsp3) is 0.286. The van der Waals surface area contributed by atoms with E-state index in [0.717, 1.165) is 23.8 Å². The highest BCUT2D eigenvalue weighted by atomic mass is 19.1. The zero-order valence-electron chi connectivity index (χ0n) is 16.0. The summed E-state index contributed by atoms with van der Waals surface area (Å²) in [4.78, 5) is 28.7. The van der Waals surface area contributed by atoms with Crippen molar-refractivity contribution >= 4 is 23.1 Å². The van der Waals surface area contributed by atoms with E-state index in [1.54, 1.807) is 17.5 Å². The van der Waals surface area contributed by atoms with Gasteiger partial charge in [-0.3, -0.25) is 14.0 Å². The number of hydrogen-bond donors (Lipinski definition) is 2. The van der Waals surface area contributed by atoms with Gasteiger partial charge in [0, 0.05) is 25.2 Å². The minimum atomic E-state index is -0.676. The Morgan fingerprint density at radius 1 is 1.10 bits per heavy atom. The highest BCUT2D eigenvalue weighted by Crippen LogP contribution is 2.16. The quantitative estimate of drug-likeness (QED) is 0.564. The van der Waals surface area contributed by atoms with Gasteiger partial charge in [0.2, 0.25) is 5.91 Å². The number of aromatic nitrogens is 2. The fourth-order valence-electron chi connectivity index (χ4n) is 3.07. The second-order valence-corrected chi connectivity index (χ2v) is 6.71. The lowest BCUT2D eigenvalue weighted by atomic mass is 10.2. The lowest BCUT2D eigenvalue weighted by Crippen LogP contribution is -2.26. The molecule has 0 unspecified atom stereocenters. The number of nitrogens with zero attached hydrogens (tertiary/aromatic N) is 2. The molecule has 0 fully saturated rings. The van der Waals surface area contributed by atoms with Crippen LogP contribution < -0.4 is 10.6 Å². The van der Waals surface area contributed by atoms with Crippen molar-refractivity contribution in [1.82, 2.24) is 14.7 Å². The summed E-state index contributed by atoms with van der Waals surface area (Å²) in [6.45, 7) is 2.26. The van der Waals surface area contributed by atoms with E-state index in [-0.39, 0.29) is 23.9 Å². The molecule has 0 radical (unpaired) electrons. The van der Waals surface area contributed by atoms with Crippen LogP contribution in [0.4, 0.5) is 14.5 Å². The summed E-state index contributed by atoms with van der Waals surface area (Å²) in [6, 6.07) is 8.45. The predicted octanol–water partition coefficient (Wildman–Crippen LogP) is 3.85. The van der Waals surface area contributed by atoms with Gasteiger partial charge in [-0.25, -0.2) is 13.8 Å². The molecule has 29 heavy (non-hydrogen) atoms. The second kappa shape index (κ2) is 9.27. The molecule has 3 aromatic rings. The van der Waals surface area contributed by atoms with E-state index in [9.17, 15) is 18.4 Å². The van der Waals surface area contributed by atoms with Gasteiger partial charge in [0.1, 0.15) is 23.0 Å². The number of unbranched alkanes of at least 4 members (excludes halogenated alkanes) is 2. The molecule has 3 rings (SSSR count). The van der Waals surface area contributed by atoms with Crippen molar-refractivity contribution in [1.29, 1.82) is 0 Å². The molecule has 1 aromatic carbocycles. The molecule has 0 atom stereocenters. The first kappa shape index (κ1) is 20.4. The lowest BCUT2D eigenvalue weighted by Gasteiger charge is -2.07. The van der Waals surface area contributed by atoms with Crippen LogP contribution in [-0.4, -0.2) is 27.7 Å². The number of rotatable bonds is 8. The Hall–Kier alpha value is -3.29. The minimum absolute atomic E-state index is 0.161. The van der Waals surface area contributed by atoms with Crippen molar-refractivity contribution in [3.8, 4) is 0 Å². The molecule has 0 aliphatic rings. The Bertz CT molecular complexity index is 1030. The van der Waals surface area contributed by atoms with Crippen LogP contribution in [0.2, 0.25) is 0 Å². The topological polar surface area (TPSA) is 75.5 Å². The number of imidazole rings is 1.